The molecule has 4 rings (SSSR count). The molecular weight excluding hydrogens is 500 g/mol. The summed E-state index contributed by atoms with van der Waals surface area (Å²) >= 11 is 12.2. The van der Waals surface area contributed by atoms with Crippen molar-refractivity contribution in [3.05, 3.63) is 57.8 Å². The molecule has 3 aromatic heterocycles. The highest BCUT2D eigenvalue weighted by molar-refractivity contribution is 6.34. The van der Waals surface area contributed by atoms with E-state index in [1.165, 1.54) is 24.4 Å². The average Bonchev–Trinajstić information content (AvgIpc) is 3.40. The molecule has 0 aliphatic heterocycles. The largest absolute Gasteiger partial charge is 0.466 e. The topological polar surface area (TPSA) is 99.6 Å². The second-order valence-electron chi connectivity index (χ2n) is 6.95. The summed E-state index contributed by atoms with van der Waals surface area (Å²) in [5.74, 6) is -1.14. The molecule has 0 atom stereocenters. The number of Topliss-reactive ketones (excluding diaryl/α,β-unsaturated/α-hetero) is 1. The van der Waals surface area contributed by atoms with Crippen LogP contribution in [0.1, 0.15) is 29.3 Å². The monoisotopic (exact) mass is 512 g/mol. The number of esters is 1. The molecule has 0 aliphatic rings. The minimum Gasteiger partial charge on any atom is -0.466 e. The lowest BCUT2D eigenvalue weighted by Crippen LogP contribution is -2.11. The summed E-state index contributed by atoms with van der Waals surface area (Å²) in [6.07, 6.45) is -2.90. The molecule has 1 aromatic carbocycles. The van der Waals surface area contributed by atoms with Crippen LogP contribution in [0.2, 0.25) is 10.0 Å². The van der Waals surface area contributed by atoms with Gasteiger partial charge in [0, 0.05) is 23.5 Å². The number of benzene rings is 1. The van der Waals surface area contributed by atoms with Gasteiger partial charge in [0.25, 0.3) is 5.89 Å². The van der Waals surface area contributed by atoms with Crippen molar-refractivity contribution in [3.8, 4) is 23.0 Å². The Kier molecular flexibility index (Phi) is 6.32. The maximum atomic E-state index is 13.0. The van der Waals surface area contributed by atoms with Crippen molar-refractivity contribution in [2.45, 2.75) is 19.5 Å². The number of aromatic nitrogens is 4. The number of nitrogens with zero attached hydrogens (tertiary/aromatic N) is 4. The molecule has 4 aromatic rings. The third-order valence-corrected chi connectivity index (χ3v) is 5.21. The van der Waals surface area contributed by atoms with Gasteiger partial charge in [0.15, 0.2) is 11.4 Å². The molecule has 0 unspecified atom stereocenters. The Morgan fingerprint density at radius 3 is 2.56 bits per heavy atom. The summed E-state index contributed by atoms with van der Waals surface area (Å²) in [5, 5.41) is 3.75. The zero-order chi connectivity index (χ0) is 24.6. The molecule has 176 valence electrons. The first kappa shape index (κ1) is 23.7. The van der Waals surface area contributed by atoms with Crippen molar-refractivity contribution in [1.29, 1.82) is 0 Å². The molecule has 0 spiro atoms. The van der Waals surface area contributed by atoms with Crippen LogP contribution in [0.5, 0.6) is 0 Å². The molecule has 13 heteroatoms. The van der Waals surface area contributed by atoms with E-state index in [-0.39, 0.29) is 45.3 Å². The van der Waals surface area contributed by atoms with Gasteiger partial charge in [-0.2, -0.15) is 18.2 Å². The van der Waals surface area contributed by atoms with E-state index in [4.69, 9.17) is 32.5 Å². The Balaban J connectivity index is 1.61. The molecular formula is C21H13Cl2F3N4O4. The third kappa shape index (κ3) is 4.75. The molecule has 0 saturated heterocycles. The van der Waals surface area contributed by atoms with E-state index in [1.54, 1.807) is 6.92 Å². The van der Waals surface area contributed by atoms with Gasteiger partial charge in [-0.3, -0.25) is 9.59 Å². The summed E-state index contributed by atoms with van der Waals surface area (Å²) in [5.41, 5.74) is -0.250. The van der Waals surface area contributed by atoms with Gasteiger partial charge in [-0.1, -0.05) is 34.4 Å². The van der Waals surface area contributed by atoms with Crippen molar-refractivity contribution in [1.82, 2.24) is 19.5 Å². The van der Waals surface area contributed by atoms with Gasteiger partial charge in [0.1, 0.15) is 12.1 Å². The van der Waals surface area contributed by atoms with Gasteiger partial charge >= 0.3 is 12.1 Å². The Morgan fingerprint density at radius 2 is 1.88 bits per heavy atom. The van der Waals surface area contributed by atoms with E-state index in [0.717, 1.165) is 16.7 Å². The third-order valence-electron chi connectivity index (χ3n) is 4.62. The van der Waals surface area contributed by atoms with Crippen LogP contribution in [0.25, 0.3) is 28.6 Å². The van der Waals surface area contributed by atoms with Crippen LogP contribution in [-0.4, -0.2) is 37.9 Å². The van der Waals surface area contributed by atoms with E-state index in [1.807, 2.05) is 0 Å². The first-order valence-corrected chi connectivity index (χ1v) is 10.4. The molecule has 0 amide bonds. The van der Waals surface area contributed by atoms with Crippen molar-refractivity contribution in [2.75, 3.05) is 6.61 Å². The molecule has 34 heavy (non-hydrogen) atoms. The number of ketones is 1. The summed E-state index contributed by atoms with van der Waals surface area (Å²) in [4.78, 5) is 32.1. The number of ether oxygens (including phenoxy) is 1. The van der Waals surface area contributed by atoms with Gasteiger partial charge in [-0.05, 0) is 25.1 Å². The Hall–Kier alpha value is -3.44. The van der Waals surface area contributed by atoms with Gasteiger partial charge in [-0.25, -0.2) is 4.98 Å². The van der Waals surface area contributed by atoms with Crippen molar-refractivity contribution in [2.24, 2.45) is 0 Å². The number of fused-ring (bicyclic) bond motifs is 1. The fraction of sp³-hybridized carbons (Fsp3) is 0.190. The highest BCUT2D eigenvalue weighted by Crippen LogP contribution is 2.34. The number of hydrogen-bond donors (Lipinski definition) is 0. The van der Waals surface area contributed by atoms with Crippen LogP contribution in [-0.2, 0) is 15.7 Å². The molecule has 0 radical (unpaired) electrons. The molecule has 3 heterocycles. The number of carbonyl (C=O) groups excluding carboxylic acids is 2. The van der Waals surface area contributed by atoms with E-state index in [9.17, 15) is 22.8 Å². The highest BCUT2D eigenvalue weighted by Gasteiger charge is 2.32. The second kappa shape index (κ2) is 9.07. The smallest absolute Gasteiger partial charge is 0.417 e. The number of carbonyl (C=O) groups is 2. The quantitative estimate of drug-likeness (QED) is 0.190. The minimum absolute atomic E-state index is 0.0588. The number of rotatable bonds is 6. The molecule has 0 bridgehead atoms. The fourth-order valence-corrected chi connectivity index (χ4v) is 3.59. The van der Waals surface area contributed by atoms with Crippen LogP contribution >= 0.6 is 23.2 Å². The highest BCUT2D eigenvalue weighted by atomic mass is 35.5. The Labute approximate surface area is 199 Å². The maximum Gasteiger partial charge on any atom is 0.417 e. The summed E-state index contributed by atoms with van der Waals surface area (Å²) in [7, 11) is 0. The number of imidazole rings is 1. The van der Waals surface area contributed by atoms with E-state index in [0.29, 0.717) is 5.56 Å². The summed E-state index contributed by atoms with van der Waals surface area (Å²) in [6, 6.07) is 5.06. The number of halogens is 5. The SMILES string of the molecule is CCOC(=O)CC(=O)c1ccc(-c2noc(-c3cn4cc(C(F)(F)F)cc(Cl)c4n3)n2)c(Cl)c1. The zero-order valence-electron chi connectivity index (χ0n) is 17.2. The van der Waals surface area contributed by atoms with E-state index < -0.39 is 29.9 Å². The van der Waals surface area contributed by atoms with Crippen LogP contribution in [0, 0.1) is 0 Å². The van der Waals surface area contributed by atoms with Crippen LogP contribution in [0.3, 0.4) is 0 Å². The average molecular weight is 513 g/mol. The summed E-state index contributed by atoms with van der Waals surface area (Å²) < 4.78 is 50.2. The van der Waals surface area contributed by atoms with Gasteiger partial charge in [0.05, 0.1) is 22.2 Å². The normalized spacial score (nSPS) is 11.7. The molecule has 8 nitrogen and oxygen atoms in total. The Morgan fingerprint density at radius 1 is 1.12 bits per heavy atom. The minimum atomic E-state index is -4.58. The van der Waals surface area contributed by atoms with E-state index >= 15 is 0 Å². The first-order valence-electron chi connectivity index (χ1n) is 9.65. The molecule has 0 N–H and O–H groups in total. The van der Waals surface area contributed by atoms with Gasteiger partial charge in [-0.15, -0.1) is 0 Å². The van der Waals surface area contributed by atoms with Crippen LogP contribution in [0.15, 0.2) is 41.2 Å². The number of hydrogen-bond acceptors (Lipinski definition) is 7. The molecule has 0 saturated carbocycles. The predicted molar refractivity (Wildman–Crippen MR) is 115 cm³/mol. The number of pyridine rings is 1. The van der Waals surface area contributed by atoms with Crippen molar-refractivity contribution < 1.29 is 32.0 Å². The van der Waals surface area contributed by atoms with E-state index in [2.05, 4.69) is 15.1 Å². The van der Waals surface area contributed by atoms with Gasteiger partial charge < -0.3 is 13.7 Å². The van der Waals surface area contributed by atoms with Crippen LogP contribution < -0.4 is 0 Å². The summed E-state index contributed by atoms with van der Waals surface area (Å²) in [6.45, 7) is 1.79. The standard InChI is InChI=1S/C21H13Cl2F3N4O4/c1-2-33-17(32)7-16(31)10-3-4-12(13(22)5-10)18-28-20(34-29-18)15-9-30-8-11(21(24,25)26)6-14(23)19(30)27-15/h3-6,8-9H,2,7H2,1H3. The predicted octanol–water partition coefficient (Wildman–Crippen LogP) is 5.51. The number of alkyl halides is 3. The van der Waals surface area contributed by atoms with Crippen molar-refractivity contribution in [3.63, 3.8) is 0 Å². The molecule has 0 aliphatic carbocycles. The van der Waals surface area contributed by atoms with Crippen LogP contribution in [0.4, 0.5) is 13.2 Å². The first-order chi connectivity index (χ1) is 16.1. The Bertz CT molecular complexity index is 1420. The lowest BCUT2D eigenvalue weighted by molar-refractivity contribution is -0.142. The van der Waals surface area contributed by atoms with Gasteiger partial charge in [0.2, 0.25) is 5.82 Å². The lowest BCUT2D eigenvalue weighted by atomic mass is 10.1. The zero-order valence-corrected chi connectivity index (χ0v) is 18.7. The fourth-order valence-electron chi connectivity index (χ4n) is 3.07. The second-order valence-corrected chi connectivity index (χ2v) is 7.77. The lowest BCUT2D eigenvalue weighted by Gasteiger charge is -2.07. The molecule has 0 fully saturated rings. The maximum absolute atomic E-state index is 13.0. The van der Waals surface area contributed by atoms with Crippen molar-refractivity contribution >= 4 is 40.6 Å².